The number of carbonyl (C=O) groups is 2. The van der Waals surface area contributed by atoms with Crippen LogP contribution in [0.25, 0.3) is 0 Å². The number of carboxylic acids is 1. The number of anilines is 2. The van der Waals surface area contributed by atoms with Crippen molar-refractivity contribution in [3.8, 4) is 0 Å². The molecule has 0 heterocycles. The van der Waals surface area contributed by atoms with Crippen molar-refractivity contribution in [1.82, 2.24) is 15.5 Å². The number of nitrogens with one attached hydrogen (secondary N) is 3. The van der Waals surface area contributed by atoms with Crippen LogP contribution in [0.1, 0.15) is 31.4 Å². The van der Waals surface area contributed by atoms with Gasteiger partial charge in [-0.2, -0.15) is 12.8 Å². The predicted octanol–water partition coefficient (Wildman–Crippen LogP) is 2.58. The van der Waals surface area contributed by atoms with E-state index in [0.717, 1.165) is 0 Å². The summed E-state index contributed by atoms with van der Waals surface area (Å²) < 4.78 is 56.0. The lowest BCUT2D eigenvalue weighted by Crippen LogP contribution is -2.50. The number of hydrazine groups is 1. The summed E-state index contributed by atoms with van der Waals surface area (Å²) in [4.78, 5) is 23.9. The van der Waals surface area contributed by atoms with E-state index in [2.05, 4.69) is 15.5 Å². The number of hydrogen-bond donors (Lipinski definition) is 5. The molecule has 0 bridgehead atoms. The van der Waals surface area contributed by atoms with Crippen LogP contribution in [0, 0.1) is 0 Å². The van der Waals surface area contributed by atoms with Crippen LogP contribution in [0.5, 0.6) is 0 Å². The Hall–Kier alpha value is -4.14. The second kappa shape index (κ2) is 12.6. The molecule has 0 saturated heterocycles. The van der Waals surface area contributed by atoms with Gasteiger partial charge in [-0.15, -0.1) is 0 Å². The third-order valence-electron chi connectivity index (χ3n) is 5.39. The van der Waals surface area contributed by atoms with Crippen molar-refractivity contribution in [3.05, 3.63) is 84.4 Å². The fourth-order valence-electron chi connectivity index (χ4n) is 3.50. The molecule has 0 fully saturated rings. The van der Waals surface area contributed by atoms with E-state index in [0.29, 0.717) is 23.1 Å². The Morgan fingerprint density at radius 2 is 1.59 bits per heavy atom. The van der Waals surface area contributed by atoms with E-state index in [1.807, 2.05) is 6.92 Å². The summed E-state index contributed by atoms with van der Waals surface area (Å²) in [6.45, 7) is 2.12. The molecule has 3 aromatic rings. The number of carboxylic acid groups (broad SMARTS) is 1. The molecule has 0 saturated carbocycles. The number of nitrogens with two attached hydrogens (primary N) is 1. The lowest BCUT2D eigenvalue weighted by atomic mass is 10.0. The average molecular weight is 576 g/mol. The number of carbonyl (C=O) groups excluding carboxylic acids is 1. The SMILES string of the molecule is CCCNC(=O)NN(c1cccc(C(CC(=O)O)NS(=O)(=O)c2ccc(N)cc2)c1)S(=O)(=O)c1ccccc1. The maximum absolute atomic E-state index is 13.5. The Morgan fingerprint density at radius 1 is 0.923 bits per heavy atom. The molecular formula is C25H29N5O7S2. The normalized spacial score (nSPS) is 12.3. The summed E-state index contributed by atoms with van der Waals surface area (Å²) >= 11 is 0. The smallest absolute Gasteiger partial charge is 0.334 e. The summed E-state index contributed by atoms with van der Waals surface area (Å²) in [6, 6.07) is 16.2. The van der Waals surface area contributed by atoms with E-state index in [1.165, 1.54) is 72.8 Å². The van der Waals surface area contributed by atoms with Crippen LogP contribution in [0.3, 0.4) is 0 Å². The molecule has 0 radical (unpaired) electrons. The van der Waals surface area contributed by atoms with Crippen LogP contribution < -0.4 is 25.6 Å². The third kappa shape index (κ3) is 7.69. The predicted molar refractivity (Wildman–Crippen MR) is 146 cm³/mol. The molecule has 6 N–H and O–H groups in total. The zero-order valence-electron chi connectivity index (χ0n) is 20.9. The van der Waals surface area contributed by atoms with Crippen LogP contribution in [-0.2, 0) is 24.8 Å². The van der Waals surface area contributed by atoms with Crippen molar-refractivity contribution < 1.29 is 31.5 Å². The fourth-order valence-corrected chi connectivity index (χ4v) is 6.03. The van der Waals surface area contributed by atoms with Gasteiger partial charge in [-0.3, -0.25) is 4.79 Å². The molecule has 0 aromatic heterocycles. The third-order valence-corrected chi connectivity index (χ3v) is 8.53. The quantitative estimate of drug-likeness (QED) is 0.161. The molecule has 12 nitrogen and oxygen atoms in total. The molecule has 14 heteroatoms. The fraction of sp³-hybridized carbons (Fsp3) is 0.200. The van der Waals surface area contributed by atoms with Gasteiger partial charge < -0.3 is 16.2 Å². The summed E-state index contributed by atoms with van der Waals surface area (Å²) in [7, 11) is -8.51. The Balaban J connectivity index is 2.04. The number of amides is 2. The number of urea groups is 1. The Morgan fingerprint density at radius 3 is 2.21 bits per heavy atom. The van der Waals surface area contributed by atoms with Gasteiger partial charge in [-0.05, 0) is 60.5 Å². The van der Waals surface area contributed by atoms with Crippen LogP contribution in [-0.4, -0.2) is 40.5 Å². The zero-order chi connectivity index (χ0) is 28.6. The van der Waals surface area contributed by atoms with E-state index < -0.39 is 44.5 Å². The lowest BCUT2D eigenvalue weighted by molar-refractivity contribution is -0.137. The van der Waals surface area contributed by atoms with Crippen molar-refractivity contribution in [2.24, 2.45) is 0 Å². The Labute approximate surface area is 226 Å². The highest BCUT2D eigenvalue weighted by molar-refractivity contribution is 7.92. The van der Waals surface area contributed by atoms with Crippen molar-refractivity contribution in [2.45, 2.75) is 35.6 Å². The summed E-state index contributed by atoms with van der Waals surface area (Å²) in [5, 5.41) is 12.0. The molecule has 0 spiro atoms. The van der Waals surface area contributed by atoms with Crippen LogP contribution in [0.4, 0.5) is 16.2 Å². The van der Waals surface area contributed by atoms with Gasteiger partial charge in [0.2, 0.25) is 10.0 Å². The van der Waals surface area contributed by atoms with E-state index in [1.54, 1.807) is 6.07 Å². The maximum atomic E-state index is 13.5. The number of nitrogens with zero attached hydrogens (tertiary/aromatic N) is 1. The van der Waals surface area contributed by atoms with Crippen molar-refractivity contribution in [2.75, 3.05) is 16.7 Å². The van der Waals surface area contributed by atoms with E-state index in [4.69, 9.17) is 5.73 Å². The largest absolute Gasteiger partial charge is 0.481 e. The number of rotatable bonds is 12. The van der Waals surface area contributed by atoms with E-state index >= 15 is 0 Å². The monoisotopic (exact) mass is 575 g/mol. The molecule has 3 aromatic carbocycles. The highest BCUT2D eigenvalue weighted by Crippen LogP contribution is 2.28. The van der Waals surface area contributed by atoms with Gasteiger partial charge in [0.1, 0.15) is 0 Å². The minimum Gasteiger partial charge on any atom is -0.481 e. The average Bonchev–Trinajstić information content (AvgIpc) is 2.90. The number of hydrogen-bond acceptors (Lipinski definition) is 7. The molecule has 0 aliphatic rings. The second-order valence-corrected chi connectivity index (χ2v) is 11.9. The first-order valence-corrected chi connectivity index (χ1v) is 14.7. The van der Waals surface area contributed by atoms with Gasteiger partial charge in [-0.1, -0.05) is 37.3 Å². The zero-order valence-corrected chi connectivity index (χ0v) is 22.6. The molecule has 0 aliphatic heterocycles. The number of sulfonamides is 2. The first-order valence-electron chi connectivity index (χ1n) is 11.8. The number of nitrogen functional groups attached to an aromatic ring is 1. The molecule has 1 unspecified atom stereocenters. The molecule has 3 rings (SSSR count). The van der Waals surface area contributed by atoms with Crippen LogP contribution >= 0.6 is 0 Å². The molecular weight excluding hydrogens is 546 g/mol. The van der Waals surface area contributed by atoms with Gasteiger partial charge in [0.05, 0.1) is 27.9 Å². The van der Waals surface area contributed by atoms with Crippen molar-refractivity contribution in [1.29, 1.82) is 0 Å². The first kappa shape index (κ1) is 29.4. The molecule has 1 atom stereocenters. The Bertz CT molecular complexity index is 1510. The highest BCUT2D eigenvalue weighted by Gasteiger charge is 2.29. The van der Waals surface area contributed by atoms with Gasteiger partial charge in [0.15, 0.2) is 0 Å². The van der Waals surface area contributed by atoms with Crippen LogP contribution in [0.2, 0.25) is 0 Å². The van der Waals surface area contributed by atoms with Crippen LogP contribution in [0.15, 0.2) is 88.7 Å². The number of benzene rings is 3. The summed E-state index contributed by atoms with van der Waals surface area (Å²) in [5.41, 5.74) is 8.40. The van der Waals surface area contributed by atoms with Gasteiger partial charge in [-0.25, -0.2) is 23.4 Å². The summed E-state index contributed by atoms with van der Waals surface area (Å²) in [5.74, 6) is -1.30. The van der Waals surface area contributed by atoms with E-state index in [-0.39, 0.29) is 21.0 Å². The van der Waals surface area contributed by atoms with Crippen molar-refractivity contribution in [3.63, 3.8) is 0 Å². The van der Waals surface area contributed by atoms with Crippen molar-refractivity contribution >= 4 is 43.4 Å². The lowest BCUT2D eigenvalue weighted by Gasteiger charge is -2.26. The second-order valence-electron chi connectivity index (χ2n) is 8.39. The first-order chi connectivity index (χ1) is 18.4. The van der Waals surface area contributed by atoms with Gasteiger partial charge >= 0.3 is 12.0 Å². The minimum absolute atomic E-state index is 0.0509. The standard InChI is InChI=1S/C25H29N5O7S2/c1-2-15-27-25(33)28-30(39(36,37)22-9-4-3-5-10-22)20-8-6-7-18(16-20)23(17-24(31)32)29-38(34,35)21-13-11-19(26)12-14-21/h3-14,16,23,29H,2,15,17,26H2,1H3,(H,31,32)(H2,27,28,33). The van der Waals surface area contributed by atoms with Gasteiger partial charge in [0, 0.05) is 12.2 Å². The topological polar surface area (TPSA) is 188 Å². The number of aliphatic carboxylic acids is 1. The Kier molecular flexibility index (Phi) is 9.51. The molecule has 39 heavy (non-hydrogen) atoms. The molecule has 2 amide bonds. The maximum Gasteiger partial charge on any atom is 0.334 e. The summed E-state index contributed by atoms with van der Waals surface area (Å²) in [6.07, 6.45) is -0.0349. The molecule has 208 valence electrons. The van der Waals surface area contributed by atoms with Gasteiger partial charge in [0.25, 0.3) is 10.0 Å². The molecule has 0 aliphatic carbocycles. The minimum atomic E-state index is -4.33. The highest BCUT2D eigenvalue weighted by atomic mass is 32.2. The van der Waals surface area contributed by atoms with E-state index in [9.17, 15) is 31.5 Å².